The summed E-state index contributed by atoms with van der Waals surface area (Å²) in [5.74, 6) is 0. The van der Waals surface area contributed by atoms with Gasteiger partial charge >= 0.3 is 0 Å². The van der Waals surface area contributed by atoms with E-state index < -0.39 is 0 Å². The number of hydrogen-bond donors (Lipinski definition) is 0. The minimum atomic E-state index is 1.15. The molecule has 0 saturated carbocycles. The van der Waals surface area contributed by atoms with Gasteiger partial charge in [0.25, 0.3) is 0 Å². The van der Waals surface area contributed by atoms with Crippen molar-refractivity contribution in [1.82, 2.24) is 0 Å². The third-order valence-corrected chi connectivity index (χ3v) is 3.98. The highest BCUT2D eigenvalue weighted by molar-refractivity contribution is 6.10. The van der Waals surface area contributed by atoms with Gasteiger partial charge in [-0.05, 0) is 51.1 Å². The van der Waals surface area contributed by atoms with Crippen LogP contribution in [0, 0.1) is 0 Å². The topological polar surface area (TPSA) is 0 Å². The van der Waals surface area contributed by atoms with E-state index in [2.05, 4.69) is 49.4 Å². The summed E-state index contributed by atoms with van der Waals surface area (Å²) in [7, 11) is 0. The molecule has 0 spiro atoms. The minimum absolute atomic E-state index is 1.15. The molecule has 0 unspecified atom stereocenters. The maximum absolute atomic E-state index is 2.41. The molecule has 0 aromatic heterocycles. The van der Waals surface area contributed by atoms with E-state index in [1.165, 1.54) is 28.0 Å². The van der Waals surface area contributed by atoms with Gasteiger partial charge in [0, 0.05) is 0 Å². The molecule has 0 fully saturated rings. The summed E-state index contributed by atoms with van der Waals surface area (Å²) in [4.78, 5) is 0. The maximum atomic E-state index is 2.41. The van der Waals surface area contributed by atoms with Crippen LogP contribution < -0.4 is 0 Å². The van der Waals surface area contributed by atoms with Gasteiger partial charge in [-0.2, -0.15) is 0 Å². The Morgan fingerprint density at radius 2 is 1.76 bits per heavy atom. The van der Waals surface area contributed by atoms with Crippen LogP contribution in [-0.4, -0.2) is 0 Å². The SMILES string of the molecule is CCc1cc2c(ccc3ccccc32)c2c1C2. The second-order valence-electron chi connectivity index (χ2n) is 4.90. The number of benzene rings is 3. The number of fused-ring (bicyclic) bond motifs is 5. The summed E-state index contributed by atoms with van der Waals surface area (Å²) in [6, 6.07) is 15.6. The van der Waals surface area contributed by atoms with Crippen molar-refractivity contribution in [2.24, 2.45) is 0 Å². The monoisotopic (exact) mass is 218 g/mol. The van der Waals surface area contributed by atoms with Crippen molar-refractivity contribution in [3.05, 3.63) is 59.2 Å². The molecule has 0 aliphatic heterocycles. The van der Waals surface area contributed by atoms with Crippen LogP contribution in [0.3, 0.4) is 0 Å². The van der Waals surface area contributed by atoms with Crippen LogP contribution in [0.1, 0.15) is 23.6 Å². The van der Waals surface area contributed by atoms with Gasteiger partial charge in [0.05, 0.1) is 0 Å². The van der Waals surface area contributed by atoms with E-state index in [-0.39, 0.29) is 0 Å². The predicted octanol–water partition coefficient (Wildman–Crippen LogP) is 4.46. The van der Waals surface area contributed by atoms with Gasteiger partial charge in [-0.25, -0.2) is 0 Å². The third-order valence-electron chi connectivity index (χ3n) is 3.98. The van der Waals surface area contributed by atoms with E-state index in [4.69, 9.17) is 0 Å². The highest BCUT2D eigenvalue weighted by Crippen LogP contribution is 2.41. The lowest BCUT2D eigenvalue weighted by atomic mass is 9.99. The van der Waals surface area contributed by atoms with Crippen LogP contribution in [0.2, 0.25) is 0 Å². The average Bonchev–Trinajstić information content (AvgIpc) is 3.17. The van der Waals surface area contributed by atoms with E-state index in [1.54, 1.807) is 16.7 Å². The summed E-state index contributed by atoms with van der Waals surface area (Å²) >= 11 is 0. The molecule has 17 heavy (non-hydrogen) atoms. The molecule has 0 bridgehead atoms. The first-order chi connectivity index (χ1) is 8.38. The van der Waals surface area contributed by atoms with Crippen LogP contribution >= 0.6 is 0 Å². The third kappa shape index (κ3) is 1.18. The highest BCUT2D eigenvalue weighted by Gasteiger charge is 2.23. The number of aryl methyl sites for hydroxylation is 1. The molecule has 0 nitrogen and oxygen atoms in total. The zero-order valence-corrected chi connectivity index (χ0v) is 9.96. The molecule has 0 radical (unpaired) electrons. The Morgan fingerprint density at radius 1 is 0.882 bits per heavy atom. The van der Waals surface area contributed by atoms with Crippen molar-refractivity contribution >= 4 is 21.5 Å². The first-order valence-corrected chi connectivity index (χ1v) is 6.33. The van der Waals surface area contributed by atoms with Gasteiger partial charge in [-0.1, -0.05) is 49.4 Å². The molecule has 0 heterocycles. The molecule has 4 rings (SSSR count). The van der Waals surface area contributed by atoms with E-state index in [0.717, 1.165) is 6.42 Å². The summed E-state index contributed by atoms with van der Waals surface area (Å²) in [5.41, 5.74) is 4.74. The van der Waals surface area contributed by atoms with Crippen molar-refractivity contribution in [2.75, 3.05) is 0 Å². The zero-order chi connectivity index (χ0) is 11.4. The average molecular weight is 218 g/mol. The second-order valence-corrected chi connectivity index (χ2v) is 4.90. The van der Waals surface area contributed by atoms with Crippen LogP contribution in [-0.2, 0) is 12.8 Å². The number of rotatable bonds is 1. The molecule has 1 aliphatic carbocycles. The van der Waals surface area contributed by atoms with Crippen LogP contribution in [0.25, 0.3) is 21.5 Å². The smallest absolute Gasteiger partial charge is 0.00108 e. The van der Waals surface area contributed by atoms with Gasteiger partial charge in [0.1, 0.15) is 0 Å². The Balaban J connectivity index is 2.23. The van der Waals surface area contributed by atoms with Gasteiger partial charge in [-0.15, -0.1) is 0 Å². The van der Waals surface area contributed by atoms with E-state index >= 15 is 0 Å². The zero-order valence-electron chi connectivity index (χ0n) is 9.96. The Morgan fingerprint density at radius 3 is 2.65 bits per heavy atom. The van der Waals surface area contributed by atoms with Crippen molar-refractivity contribution in [1.29, 1.82) is 0 Å². The molecule has 3 aromatic carbocycles. The molecule has 82 valence electrons. The van der Waals surface area contributed by atoms with Gasteiger partial charge in [-0.3, -0.25) is 0 Å². The fourth-order valence-electron chi connectivity index (χ4n) is 2.99. The molecule has 1 aliphatic rings. The van der Waals surface area contributed by atoms with Crippen molar-refractivity contribution in [3.63, 3.8) is 0 Å². The van der Waals surface area contributed by atoms with Crippen LogP contribution in [0.4, 0.5) is 0 Å². The van der Waals surface area contributed by atoms with Crippen molar-refractivity contribution in [3.8, 4) is 0 Å². The van der Waals surface area contributed by atoms with E-state index in [0.29, 0.717) is 0 Å². The van der Waals surface area contributed by atoms with Crippen LogP contribution in [0.5, 0.6) is 0 Å². The van der Waals surface area contributed by atoms with Crippen molar-refractivity contribution < 1.29 is 0 Å². The summed E-state index contributed by atoms with van der Waals surface area (Å²) in [6.45, 7) is 2.25. The van der Waals surface area contributed by atoms with Gasteiger partial charge in [0.15, 0.2) is 0 Å². The largest absolute Gasteiger partial charge is 0.0616 e. The first kappa shape index (κ1) is 9.23. The Labute approximate surface area is 101 Å². The van der Waals surface area contributed by atoms with E-state index in [9.17, 15) is 0 Å². The molecular formula is C17H14. The molecule has 0 N–H and O–H groups in total. The lowest BCUT2D eigenvalue weighted by Crippen LogP contribution is -1.82. The summed E-state index contributed by atoms with van der Waals surface area (Å²) in [6.07, 6.45) is 2.37. The molecule has 0 heteroatoms. The first-order valence-electron chi connectivity index (χ1n) is 6.33. The predicted molar refractivity (Wildman–Crippen MR) is 73.6 cm³/mol. The molecular weight excluding hydrogens is 204 g/mol. The van der Waals surface area contributed by atoms with E-state index in [1.807, 2.05) is 0 Å². The normalized spacial score (nSPS) is 13.0. The lowest BCUT2D eigenvalue weighted by molar-refractivity contribution is 1.14. The Hall–Kier alpha value is -1.82. The summed E-state index contributed by atoms with van der Waals surface area (Å²) in [5, 5.41) is 5.66. The summed E-state index contributed by atoms with van der Waals surface area (Å²) < 4.78 is 0. The van der Waals surface area contributed by atoms with Gasteiger partial charge < -0.3 is 0 Å². The molecule has 0 atom stereocenters. The molecule has 0 saturated heterocycles. The quantitative estimate of drug-likeness (QED) is 0.414. The fourth-order valence-corrected chi connectivity index (χ4v) is 2.99. The second kappa shape index (κ2) is 3.10. The van der Waals surface area contributed by atoms with Gasteiger partial charge in [0.2, 0.25) is 0 Å². The lowest BCUT2D eigenvalue weighted by Gasteiger charge is -2.05. The Bertz CT molecular complexity index is 751. The van der Waals surface area contributed by atoms with Crippen LogP contribution in [0.15, 0.2) is 42.5 Å². The number of hydrogen-bond acceptors (Lipinski definition) is 0. The molecule has 3 aromatic rings. The minimum Gasteiger partial charge on any atom is -0.0616 e. The standard InChI is InChI=1S/C17H14/c1-2-11-9-16-13-6-4-3-5-12(13)7-8-14(16)17-10-15(11)17/h3-9H,2,10H2,1H3. The fraction of sp³-hybridized carbons (Fsp3) is 0.176. The maximum Gasteiger partial charge on any atom is -0.00108 e. The van der Waals surface area contributed by atoms with Crippen molar-refractivity contribution in [2.45, 2.75) is 19.8 Å². The highest BCUT2D eigenvalue weighted by atomic mass is 14.3. The Kier molecular flexibility index (Phi) is 1.69. The molecule has 0 amide bonds.